The van der Waals surface area contributed by atoms with E-state index in [4.69, 9.17) is 16.3 Å². The fourth-order valence-corrected chi connectivity index (χ4v) is 2.87. The fourth-order valence-electron chi connectivity index (χ4n) is 1.58. The van der Waals surface area contributed by atoms with Gasteiger partial charge < -0.3 is 4.74 Å². The van der Waals surface area contributed by atoms with Crippen molar-refractivity contribution < 1.29 is 13.2 Å². The van der Waals surface area contributed by atoms with Gasteiger partial charge in [-0.15, -0.1) is 11.6 Å². The lowest BCUT2D eigenvalue weighted by atomic mass is 10.1. The van der Waals surface area contributed by atoms with E-state index < -0.39 is 20.5 Å². The highest BCUT2D eigenvalue weighted by Gasteiger charge is 2.25. The molecule has 2 unspecified atom stereocenters. The number of hydrogen-bond donors (Lipinski definition) is 0. The van der Waals surface area contributed by atoms with Crippen molar-refractivity contribution in [1.82, 2.24) is 0 Å². The van der Waals surface area contributed by atoms with Crippen molar-refractivity contribution in [2.24, 2.45) is 0 Å². The van der Waals surface area contributed by atoms with Crippen LogP contribution >= 0.6 is 11.6 Å². The molecule has 0 saturated heterocycles. The Morgan fingerprint density at radius 2 is 1.83 bits per heavy atom. The zero-order valence-electron chi connectivity index (χ0n) is 10.9. The molecule has 0 aromatic heterocycles. The molecule has 0 heterocycles. The first kappa shape index (κ1) is 15.5. The minimum absolute atomic E-state index is 0.517. The first-order valence-electron chi connectivity index (χ1n) is 5.77. The average Bonchev–Trinajstić information content (AvgIpc) is 2.34. The van der Waals surface area contributed by atoms with Crippen molar-refractivity contribution in [2.75, 3.05) is 20.0 Å². The first-order valence-corrected chi connectivity index (χ1v) is 8.16. The lowest BCUT2D eigenvalue weighted by Gasteiger charge is -2.16. The highest BCUT2D eigenvalue weighted by atomic mass is 35.5. The molecule has 18 heavy (non-hydrogen) atoms. The number of sulfone groups is 1. The summed E-state index contributed by atoms with van der Waals surface area (Å²) in [6, 6.07) is 7.67. The number of rotatable bonds is 6. The molecule has 1 aromatic rings. The van der Waals surface area contributed by atoms with Gasteiger partial charge in [-0.25, -0.2) is 8.42 Å². The summed E-state index contributed by atoms with van der Waals surface area (Å²) in [5.74, 6) is 0. The summed E-state index contributed by atoms with van der Waals surface area (Å²) < 4.78 is 27.9. The maximum Gasteiger partial charge on any atom is 0.151 e. The zero-order valence-corrected chi connectivity index (χ0v) is 12.5. The number of hydrogen-bond acceptors (Lipinski definition) is 3. The Kier molecular flexibility index (Phi) is 5.63. The summed E-state index contributed by atoms with van der Waals surface area (Å²) in [7, 11) is -1.46. The lowest BCUT2D eigenvalue weighted by molar-refractivity contribution is 0.202. The van der Waals surface area contributed by atoms with Crippen LogP contribution in [0.2, 0.25) is 0 Å². The molecule has 0 aliphatic rings. The molecular weight excluding hydrogens is 272 g/mol. The van der Waals surface area contributed by atoms with E-state index in [2.05, 4.69) is 0 Å². The predicted octanol–water partition coefficient (Wildman–Crippen LogP) is 2.59. The normalized spacial score (nSPS) is 15.3. The van der Waals surface area contributed by atoms with E-state index in [0.29, 0.717) is 6.61 Å². The van der Waals surface area contributed by atoms with Crippen LogP contribution < -0.4 is 0 Å². The molecular formula is C13H19ClO3S. The Morgan fingerprint density at radius 3 is 2.28 bits per heavy atom. The summed E-state index contributed by atoms with van der Waals surface area (Å²) in [6.07, 6.45) is 2.05. The van der Waals surface area contributed by atoms with Crippen LogP contribution in [0.3, 0.4) is 0 Å². The Morgan fingerprint density at radius 1 is 1.28 bits per heavy atom. The van der Waals surface area contributed by atoms with E-state index in [1.807, 2.05) is 24.3 Å². The van der Waals surface area contributed by atoms with Gasteiger partial charge in [-0.3, -0.25) is 0 Å². The van der Waals surface area contributed by atoms with Crippen molar-refractivity contribution in [3.8, 4) is 0 Å². The molecule has 0 N–H and O–H groups in total. The maximum atomic E-state index is 11.5. The number of alkyl halides is 1. The van der Waals surface area contributed by atoms with Crippen LogP contribution in [0.1, 0.15) is 23.4 Å². The number of methoxy groups -OCH3 is 1. The summed E-state index contributed by atoms with van der Waals surface area (Å²) in [4.78, 5) is 0. The van der Waals surface area contributed by atoms with Crippen molar-refractivity contribution >= 4 is 21.4 Å². The minimum Gasteiger partial charge on any atom is -0.384 e. The molecule has 0 bridgehead atoms. The lowest BCUT2D eigenvalue weighted by Crippen LogP contribution is -2.21. The third kappa shape index (κ3) is 4.26. The topological polar surface area (TPSA) is 43.4 Å². The largest absolute Gasteiger partial charge is 0.384 e. The Balaban J connectivity index is 2.79. The molecule has 5 heteroatoms. The monoisotopic (exact) mass is 290 g/mol. The van der Waals surface area contributed by atoms with Crippen molar-refractivity contribution in [2.45, 2.75) is 24.0 Å². The Hall–Kier alpha value is -0.580. The van der Waals surface area contributed by atoms with Gasteiger partial charge in [0.2, 0.25) is 0 Å². The Bertz CT molecular complexity index is 468. The van der Waals surface area contributed by atoms with Crippen LogP contribution in [-0.4, -0.2) is 33.6 Å². The van der Waals surface area contributed by atoms with Gasteiger partial charge in [0.1, 0.15) is 0 Å². The quantitative estimate of drug-likeness (QED) is 0.756. The van der Waals surface area contributed by atoms with Gasteiger partial charge >= 0.3 is 0 Å². The summed E-state index contributed by atoms with van der Waals surface area (Å²) in [5, 5.41) is -1.11. The second-order valence-electron chi connectivity index (χ2n) is 4.42. The fraction of sp³-hybridized carbons (Fsp3) is 0.538. The van der Waals surface area contributed by atoms with Crippen molar-refractivity contribution in [1.29, 1.82) is 0 Å². The highest BCUT2D eigenvalue weighted by molar-refractivity contribution is 7.91. The van der Waals surface area contributed by atoms with Crippen LogP contribution in [0, 0.1) is 0 Å². The molecule has 0 amide bonds. The van der Waals surface area contributed by atoms with Gasteiger partial charge in [-0.2, -0.15) is 0 Å². The molecule has 0 aliphatic heterocycles. The van der Waals surface area contributed by atoms with Gasteiger partial charge in [0.15, 0.2) is 9.84 Å². The molecule has 1 rings (SSSR count). The van der Waals surface area contributed by atoms with Crippen LogP contribution in [0.5, 0.6) is 0 Å². The van der Waals surface area contributed by atoms with E-state index in [-0.39, 0.29) is 0 Å². The molecule has 1 aromatic carbocycles. The zero-order chi connectivity index (χ0) is 13.8. The maximum absolute atomic E-state index is 11.5. The van der Waals surface area contributed by atoms with Gasteiger partial charge in [0, 0.05) is 13.4 Å². The van der Waals surface area contributed by atoms with Crippen molar-refractivity contribution in [3.05, 3.63) is 35.4 Å². The average molecular weight is 291 g/mol. The van der Waals surface area contributed by atoms with Crippen LogP contribution in [0.4, 0.5) is 0 Å². The molecule has 2 atom stereocenters. The third-order valence-electron chi connectivity index (χ3n) is 2.98. The summed E-state index contributed by atoms with van der Waals surface area (Å²) in [6.45, 7) is 2.30. The van der Waals surface area contributed by atoms with Gasteiger partial charge in [0.25, 0.3) is 0 Å². The predicted molar refractivity (Wildman–Crippen MR) is 74.9 cm³/mol. The molecule has 0 radical (unpaired) electrons. The SMILES string of the molecule is COCCc1ccc(C(Cl)C(C)S(C)(=O)=O)cc1. The number of benzene rings is 1. The van der Waals surface area contributed by atoms with E-state index >= 15 is 0 Å². The molecule has 102 valence electrons. The third-order valence-corrected chi connectivity index (χ3v) is 5.38. The Labute approximate surface area is 114 Å². The molecule has 3 nitrogen and oxygen atoms in total. The second kappa shape index (κ2) is 6.55. The van der Waals surface area contributed by atoms with Crippen LogP contribution in [0.25, 0.3) is 0 Å². The summed E-state index contributed by atoms with van der Waals surface area (Å²) >= 11 is 6.19. The number of halogens is 1. The van der Waals surface area contributed by atoms with E-state index in [1.165, 1.54) is 6.26 Å². The van der Waals surface area contributed by atoms with Gasteiger partial charge in [-0.05, 0) is 24.5 Å². The second-order valence-corrected chi connectivity index (χ2v) is 7.29. The molecule has 0 spiro atoms. The van der Waals surface area contributed by atoms with Crippen LogP contribution in [-0.2, 0) is 21.0 Å². The minimum atomic E-state index is -3.13. The van der Waals surface area contributed by atoms with E-state index in [0.717, 1.165) is 17.5 Å². The summed E-state index contributed by atoms with van der Waals surface area (Å²) in [5.41, 5.74) is 1.98. The highest BCUT2D eigenvalue weighted by Crippen LogP contribution is 2.28. The standard InChI is InChI=1S/C13H19ClO3S/c1-10(18(3,15)16)13(14)12-6-4-11(5-7-12)8-9-17-2/h4-7,10,13H,8-9H2,1-3H3. The van der Waals surface area contributed by atoms with Crippen LogP contribution in [0.15, 0.2) is 24.3 Å². The first-order chi connectivity index (χ1) is 8.36. The smallest absolute Gasteiger partial charge is 0.151 e. The van der Waals surface area contributed by atoms with Crippen molar-refractivity contribution in [3.63, 3.8) is 0 Å². The van der Waals surface area contributed by atoms with E-state index in [9.17, 15) is 8.42 Å². The number of ether oxygens (including phenoxy) is 1. The van der Waals surface area contributed by atoms with E-state index in [1.54, 1.807) is 14.0 Å². The van der Waals surface area contributed by atoms with Gasteiger partial charge in [0.05, 0.1) is 17.2 Å². The molecule has 0 saturated carbocycles. The van der Waals surface area contributed by atoms with Gasteiger partial charge in [-0.1, -0.05) is 24.3 Å². The molecule has 0 aliphatic carbocycles. The molecule has 0 fully saturated rings.